The van der Waals surface area contributed by atoms with E-state index in [1.165, 1.54) is 5.56 Å². The minimum absolute atomic E-state index is 0.201. The van der Waals surface area contributed by atoms with Gasteiger partial charge in [0, 0.05) is 6.54 Å². The molecule has 1 amide bonds. The Labute approximate surface area is 111 Å². The number of benzene rings is 1. The summed E-state index contributed by atoms with van der Waals surface area (Å²) < 4.78 is 0. The number of pyridine rings is 1. The summed E-state index contributed by atoms with van der Waals surface area (Å²) in [5.41, 5.74) is 1.53. The molecule has 0 bridgehead atoms. The molecule has 0 fully saturated rings. The smallest absolute Gasteiger partial charge is 0.269 e. The first-order chi connectivity index (χ1) is 8.75. The van der Waals surface area contributed by atoms with E-state index in [1.807, 2.05) is 30.3 Å². The monoisotopic (exact) mass is 260 g/mol. The van der Waals surface area contributed by atoms with Crippen molar-refractivity contribution >= 4 is 17.5 Å². The fourth-order valence-electron chi connectivity index (χ4n) is 1.59. The number of amides is 1. The molecule has 3 nitrogen and oxygen atoms in total. The third-order valence-corrected chi connectivity index (χ3v) is 2.70. The lowest BCUT2D eigenvalue weighted by molar-refractivity contribution is 0.0949. The van der Waals surface area contributed by atoms with E-state index in [-0.39, 0.29) is 5.91 Å². The zero-order valence-corrected chi connectivity index (χ0v) is 10.5. The Morgan fingerprint density at radius 1 is 1.11 bits per heavy atom. The molecule has 0 saturated heterocycles. The van der Waals surface area contributed by atoms with Crippen LogP contribution >= 0.6 is 11.6 Å². The van der Waals surface area contributed by atoms with Crippen LogP contribution in [0.5, 0.6) is 0 Å². The minimum Gasteiger partial charge on any atom is -0.350 e. The molecule has 92 valence electrons. The molecule has 0 radical (unpaired) electrons. The van der Waals surface area contributed by atoms with Crippen LogP contribution in [-0.2, 0) is 6.42 Å². The van der Waals surface area contributed by atoms with Gasteiger partial charge in [-0.05, 0) is 24.1 Å². The summed E-state index contributed by atoms with van der Waals surface area (Å²) in [7, 11) is 0. The molecule has 0 saturated carbocycles. The number of nitrogens with one attached hydrogen (secondary N) is 1. The molecule has 4 heteroatoms. The molecule has 0 unspecified atom stereocenters. The van der Waals surface area contributed by atoms with Crippen LogP contribution in [0.2, 0.25) is 5.15 Å². The van der Waals surface area contributed by atoms with Gasteiger partial charge in [-0.15, -0.1) is 0 Å². The molecule has 1 aromatic carbocycles. The van der Waals surface area contributed by atoms with Crippen molar-refractivity contribution in [2.45, 2.75) is 6.42 Å². The standard InChI is InChI=1S/C14H13ClN2O/c15-13-8-4-7-12(17-13)14(18)16-10-9-11-5-2-1-3-6-11/h1-8H,9-10H2,(H,16,18). The van der Waals surface area contributed by atoms with E-state index in [1.54, 1.807) is 18.2 Å². The topological polar surface area (TPSA) is 42.0 Å². The zero-order chi connectivity index (χ0) is 12.8. The van der Waals surface area contributed by atoms with Crippen LogP contribution in [-0.4, -0.2) is 17.4 Å². The van der Waals surface area contributed by atoms with Gasteiger partial charge in [-0.25, -0.2) is 4.98 Å². The zero-order valence-electron chi connectivity index (χ0n) is 9.77. The summed E-state index contributed by atoms with van der Waals surface area (Å²) in [5, 5.41) is 3.14. The van der Waals surface area contributed by atoms with Gasteiger partial charge in [0.25, 0.3) is 5.91 Å². The second kappa shape index (κ2) is 6.17. The molecule has 0 spiro atoms. The second-order valence-electron chi connectivity index (χ2n) is 3.84. The Balaban J connectivity index is 1.86. The highest BCUT2D eigenvalue weighted by atomic mass is 35.5. The summed E-state index contributed by atoms with van der Waals surface area (Å²) in [6, 6.07) is 15.0. The lowest BCUT2D eigenvalue weighted by Crippen LogP contribution is -2.26. The maximum Gasteiger partial charge on any atom is 0.269 e. The summed E-state index contributed by atoms with van der Waals surface area (Å²) in [5.74, 6) is -0.201. The number of rotatable bonds is 4. The molecule has 18 heavy (non-hydrogen) atoms. The van der Waals surface area contributed by atoms with Crippen molar-refractivity contribution in [2.24, 2.45) is 0 Å². The van der Waals surface area contributed by atoms with Gasteiger partial charge in [0.15, 0.2) is 0 Å². The molecule has 0 aliphatic heterocycles. The normalized spacial score (nSPS) is 10.1. The molecular formula is C14H13ClN2O. The third kappa shape index (κ3) is 3.57. The van der Waals surface area contributed by atoms with Gasteiger partial charge >= 0.3 is 0 Å². The van der Waals surface area contributed by atoms with E-state index in [0.29, 0.717) is 17.4 Å². The Hall–Kier alpha value is -1.87. The van der Waals surface area contributed by atoms with Gasteiger partial charge in [0.2, 0.25) is 0 Å². The molecule has 2 rings (SSSR count). The van der Waals surface area contributed by atoms with Gasteiger partial charge in [-0.3, -0.25) is 4.79 Å². The summed E-state index contributed by atoms with van der Waals surface area (Å²) >= 11 is 5.73. The SMILES string of the molecule is O=C(NCCc1ccccc1)c1cccc(Cl)n1. The molecule has 0 aliphatic carbocycles. The van der Waals surface area contributed by atoms with Crippen molar-refractivity contribution in [1.29, 1.82) is 0 Å². The highest BCUT2D eigenvalue weighted by Gasteiger charge is 2.06. The maximum atomic E-state index is 11.8. The fraction of sp³-hybridized carbons (Fsp3) is 0.143. The summed E-state index contributed by atoms with van der Waals surface area (Å²) in [4.78, 5) is 15.7. The van der Waals surface area contributed by atoms with E-state index in [2.05, 4.69) is 10.3 Å². The average molecular weight is 261 g/mol. The van der Waals surface area contributed by atoms with E-state index in [0.717, 1.165) is 6.42 Å². The van der Waals surface area contributed by atoms with E-state index >= 15 is 0 Å². The fourth-order valence-corrected chi connectivity index (χ4v) is 1.75. The van der Waals surface area contributed by atoms with Crippen LogP contribution < -0.4 is 5.32 Å². The van der Waals surface area contributed by atoms with Crippen molar-refractivity contribution in [3.8, 4) is 0 Å². The molecule has 0 aliphatic rings. The van der Waals surface area contributed by atoms with E-state index < -0.39 is 0 Å². The first-order valence-electron chi connectivity index (χ1n) is 5.70. The van der Waals surface area contributed by atoms with Gasteiger partial charge in [-0.1, -0.05) is 48.0 Å². The van der Waals surface area contributed by atoms with Gasteiger partial charge in [-0.2, -0.15) is 0 Å². The van der Waals surface area contributed by atoms with Crippen molar-refractivity contribution in [3.05, 3.63) is 64.9 Å². The number of halogens is 1. The van der Waals surface area contributed by atoms with Crippen molar-refractivity contribution in [2.75, 3.05) is 6.54 Å². The lowest BCUT2D eigenvalue weighted by atomic mass is 10.1. The molecule has 1 aromatic heterocycles. The Bertz CT molecular complexity index is 528. The van der Waals surface area contributed by atoms with E-state index in [4.69, 9.17) is 11.6 Å². The maximum absolute atomic E-state index is 11.8. The molecule has 1 N–H and O–H groups in total. The first-order valence-corrected chi connectivity index (χ1v) is 6.08. The average Bonchev–Trinajstić information content (AvgIpc) is 2.40. The van der Waals surface area contributed by atoms with Crippen LogP contribution in [0, 0.1) is 0 Å². The van der Waals surface area contributed by atoms with Crippen LogP contribution in [0.3, 0.4) is 0 Å². The molecule has 2 aromatic rings. The molecule has 1 heterocycles. The van der Waals surface area contributed by atoms with Crippen LogP contribution in [0.1, 0.15) is 16.1 Å². The van der Waals surface area contributed by atoms with Gasteiger partial charge in [0.05, 0.1) is 0 Å². The number of carbonyl (C=O) groups excluding carboxylic acids is 1. The van der Waals surface area contributed by atoms with Crippen molar-refractivity contribution in [1.82, 2.24) is 10.3 Å². The predicted octanol–water partition coefficient (Wildman–Crippen LogP) is 2.71. The number of hydrogen-bond acceptors (Lipinski definition) is 2. The van der Waals surface area contributed by atoms with Crippen LogP contribution in [0.15, 0.2) is 48.5 Å². The number of carbonyl (C=O) groups is 1. The van der Waals surface area contributed by atoms with Gasteiger partial charge in [0.1, 0.15) is 10.8 Å². The summed E-state index contributed by atoms with van der Waals surface area (Å²) in [6.07, 6.45) is 0.799. The Morgan fingerprint density at radius 2 is 1.89 bits per heavy atom. The number of hydrogen-bond donors (Lipinski definition) is 1. The van der Waals surface area contributed by atoms with Crippen molar-refractivity contribution in [3.63, 3.8) is 0 Å². The largest absolute Gasteiger partial charge is 0.350 e. The molecular weight excluding hydrogens is 248 g/mol. The van der Waals surface area contributed by atoms with Crippen molar-refractivity contribution < 1.29 is 4.79 Å². The minimum atomic E-state index is -0.201. The molecule has 0 atom stereocenters. The van der Waals surface area contributed by atoms with E-state index in [9.17, 15) is 4.79 Å². The van der Waals surface area contributed by atoms with Gasteiger partial charge < -0.3 is 5.32 Å². The highest BCUT2D eigenvalue weighted by molar-refractivity contribution is 6.29. The first kappa shape index (κ1) is 12.6. The van der Waals surface area contributed by atoms with Crippen LogP contribution in [0.25, 0.3) is 0 Å². The lowest BCUT2D eigenvalue weighted by Gasteiger charge is -2.05. The highest BCUT2D eigenvalue weighted by Crippen LogP contribution is 2.05. The third-order valence-electron chi connectivity index (χ3n) is 2.49. The second-order valence-corrected chi connectivity index (χ2v) is 4.22. The Kier molecular flexibility index (Phi) is 4.31. The quantitative estimate of drug-likeness (QED) is 0.859. The Morgan fingerprint density at radius 3 is 2.61 bits per heavy atom. The predicted molar refractivity (Wildman–Crippen MR) is 71.7 cm³/mol. The number of nitrogens with zero attached hydrogens (tertiary/aromatic N) is 1. The number of aromatic nitrogens is 1. The summed E-state index contributed by atoms with van der Waals surface area (Å²) in [6.45, 7) is 0.580. The van der Waals surface area contributed by atoms with Crippen LogP contribution in [0.4, 0.5) is 0 Å².